The first-order valence-electron chi connectivity index (χ1n) is 4.21. The molecule has 4 heteroatoms. The number of hydrogen-bond donors (Lipinski definition) is 1. The van der Waals surface area contributed by atoms with E-state index in [1.807, 2.05) is 16.7 Å². The van der Waals surface area contributed by atoms with Crippen LogP contribution in [0, 0.1) is 11.3 Å². The van der Waals surface area contributed by atoms with Gasteiger partial charge in [0.1, 0.15) is 6.23 Å². The molecule has 0 saturated carbocycles. The van der Waals surface area contributed by atoms with Gasteiger partial charge in [-0.2, -0.15) is 5.26 Å². The Hall–Kier alpha value is -0.630. The number of aliphatic hydroxyl groups is 1. The normalized spacial score (nSPS) is 25.2. The van der Waals surface area contributed by atoms with E-state index in [9.17, 15) is 5.11 Å². The monoisotopic (exact) mass is 169 g/mol. The Morgan fingerprint density at radius 3 is 2.33 bits per heavy atom. The van der Waals surface area contributed by atoms with E-state index in [2.05, 4.69) is 6.07 Å². The lowest BCUT2D eigenvalue weighted by molar-refractivity contribution is 0.0231. The number of nitriles is 1. The fourth-order valence-corrected chi connectivity index (χ4v) is 1.33. The van der Waals surface area contributed by atoms with E-state index in [-0.39, 0.29) is 6.04 Å². The SMILES string of the molecule is CC(O)N1CCN(C(C)C#N)C1. The highest BCUT2D eigenvalue weighted by molar-refractivity contribution is 4.90. The Balaban J connectivity index is 2.41. The quantitative estimate of drug-likeness (QED) is 0.622. The van der Waals surface area contributed by atoms with Gasteiger partial charge in [0, 0.05) is 13.1 Å². The smallest absolute Gasteiger partial charge is 0.105 e. The summed E-state index contributed by atoms with van der Waals surface area (Å²) in [4.78, 5) is 3.99. The minimum Gasteiger partial charge on any atom is -0.379 e. The van der Waals surface area contributed by atoms with Crippen molar-refractivity contribution in [3.63, 3.8) is 0 Å². The first kappa shape index (κ1) is 9.46. The maximum atomic E-state index is 9.24. The van der Waals surface area contributed by atoms with Crippen LogP contribution in [0.3, 0.4) is 0 Å². The highest BCUT2D eigenvalue weighted by atomic mass is 16.3. The number of aliphatic hydroxyl groups excluding tert-OH is 1. The van der Waals surface area contributed by atoms with Crippen molar-refractivity contribution < 1.29 is 5.11 Å². The van der Waals surface area contributed by atoms with Crippen molar-refractivity contribution in [1.29, 1.82) is 5.26 Å². The van der Waals surface area contributed by atoms with E-state index < -0.39 is 6.23 Å². The minimum atomic E-state index is -0.402. The van der Waals surface area contributed by atoms with Crippen molar-refractivity contribution in [2.75, 3.05) is 19.8 Å². The number of nitrogens with zero attached hydrogens (tertiary/aromatic N) is 3. The Bertz CT molecular complexity index is 187. The average molecular weight is 169 g/mol. The van der Waals surface area contributed by atoms with Gasteiger partial charge in [-0.1, -0.05) is 0 Å². The van der Waals surface area contributed by atoms with E-state index in [1.54, 1.807) is 6.92 Å². The summed E-state index contributed by atoms with van der Waals surface area (Å²) in [5, 5.41) is 17.9. The van der Waals surface area contributed by atoms with Gasteiger partial charge >= 0.3 is 0 Å². The van der Waals surface area contributed by atoms with Crippen LogP contribution in [-0.4, -0.2) is 46.9 Å². The van der Waals surface area contributed by atoms with Crippen LogP contribution in [-0.2, 0) is 0 Å². The number of rotatable bonds is 2. The number of hydrogen-bond acceptors (Lipinski definition) is 4. The van der Waals surface area contributed by atoms with Crippen LogP contribution in [0.25, 0.3) is 0 Å². The van der Waals surface area contributed by atoms with Gasteiger partial charge in [0.15, 0.2) is 0 Å². The van der Waals surface area contributed by atoms with Gasteiger partial charge in [0.05, 0.1) is 18.8 Å². The van der Waals surface area contributed by atoms with Gasteiger partial charge in [-0.05, 0) is 13.8 Å². The van der Waals surface area contributed by atoms with Gasteiger partial charge in [-0.3, -0.25) is 9.80 Å². The first-order valence-corrected chi connectivity index (χ1v) is 4.21. The van der Waals surface area contributed by atoms with Crippen molar-refractivity contribution >= 4 is 0 Å². The third-order valence-corrected chi connectivity index (χ3v) is 2.30. The average Bonchev–Trinajstić information content (AvgIpc) is 2.51. The molecule has 1 N–H and O–H groups in total. The maximum Gasteiger partial charge on any atom is 0.105 e. The molecule has 0 aliphatic carbocycles. The Kier molecular flexibility index (Phi) is 3.04. The second-order valence-corrected chi connectivity index (χ2v) is 3.20. The molecule has 1 aliphatic rings. The van der Waals surface area contributed by atoms with Crippen LogP contribution < -0.4 is 0 Å². The van der Waals surface area contributed by atoms with E-state index in [0.717, 1.165) is 13.1 Å². The van der Waals surface area contributed by atoms with Crippen LogP contribution in [0.5, 0.6) is 0 Å². The van der Waals surface area contributed by atoms with Crippen molar-refractivity contribution in [1.82, 2.24) is 9.80 Å². The van der Waals surface area contributed by atoms with Gasteiger partial charge < -0.3 is 5.11 Å². The Morgan fingerprint density at radius 1 is 1.33 bits per heavy atom. The largest absolute Gasteiger partial charge is 0.379 e. The fourth-order valence-electron chi connectivity index (χ4n) is 1.33. The molecule has 0 aromatic rings. The standard InChI is InChI=1S/C8H15N3O/c1-7(5-9)10-3-4-11(6-10)8(2)12/h7-8,12H,3-4,6H2,1-2H3. The molecule has 0 spiro atoms. The summed E-state index contributed by atoms with van der Waals surface area (Å²) in [5.74, 6) is 0. The van der Waals surface area contributed by atoms with E-state index in [4.69, 9.17) is 5.26 Å². The summed E-state index contributed by atoms with van der Waals surface area (Å²) in [6.45, 7) is 6.06. The molecule has 4 nitrogen and oxygen atoms in total. The lowest BCUT2D eigenvalue weighted by Crippen LogP contribution is -2.35. The van der Waals surface area contributed by atoms with E-state index >= 15 is 0 Å². The van der Waals surface area contributed by atoms with Crippen LogP contribution in [0.4, 0.5) is 0 Å². The third-order valence-electron chi connectivity index (χ3n) is 2.30. The van der Waals surface area contributed by atoms with Gasteiger partial charge in [0.2, 0.25) is 0 Å². The molecule has 0 bridgehead atoms. The first-order chi connectivity index (χ1) is 5.65. The van der Waals surface area contributed by atoms with Crippen LogP contribution in [0.1, 0.15) is 13.8 Å². The lowest BCUT2D eigenvalue weighted by atomic mass is 10.3. The molecule has 1 saturated heterocycles. The second-order valence-electron chi connectivity index (χ2n) is 3.20. The van der Waals surface area contributed by atoms with Crippen molar-refractivity contribution in [2.45, 2.75) is 26.1 Å². The van der Waals surface area contributed by atoms with Crippen molar-refractivity contribution in [3.8, 4) is 6.07 Å². The van der Waals surface area contributed by atoms with Crippen molar-refractivity contribution in [2.24, 2.45) is 0 Å². The highest BCUT2D eigenvalue weighted by Gasteiger charge is 2.25. The zero-order valence-electron chi connectivity index (χ0n) is 7.56. The van der Waals surface area contributed by atoms with Crippen LogP contribution >= 0.6 is 0 Å². The van der Waals surface area contributed by atoms with Crippen LogP contribution in [0.15, 0.2) is 0 Å². The molecule has 0 radical (unpaired) electrons. The van der Waals surface area contributed by atoms with Crippen LogP contribution in [0.2, 0.25) is 0 Å². The summed E-state index contributed by atoms with van der Waals surface area (Å²) in [6.07, 6.45) is -0.402. The van der Waals surface area contributed by atoms with Crippen molar-refractivity contribution in [3.05, 3.63) is 0 Å². The molecule has 1 heterocycles. The summed E-state index contributed by atoms with van der Waals surface area (Å²) in [7, 11) is 0. The fraction of sp³-hybridized carbons (Fsp3) is 0.875. The molecular formula is C8H15N3O. The molecule has 68 valence electrons. The van der Waals surface area contributed by atoms with E-state index in [0.29, 0.717) is 6.67 Å². The summed E-state index contributed by atoms with van der Waals surface area (Å²) >= 11 is 0. The summed E-state index contributed by atoms with van der Waals surface area (Å²) < 4.78 is 0. The second kappa shape index (κ2) is 3.85. The Morgan fingerprint density at radius 2 is 1.92 bits per heavy atom. The topological polar surface area (TPSA) is 50.5 Å². The summed E-state index contributed by atoms with van der Waals surface area (Å²) in [6, 6.07) is 2.14. The lowest BCUT2D eigenvalue weighted by Gasteiger charge is -2.21. The third kappa shape index (κ3) is 1.95. The zero-order chi connectivity index (χ0) is 9.14. The summed E-state index contributed by atoms with van der Waals surface area (Å²) in [5.41, 5.74) is 0. The maximum absolute atomic E-state index is 9.24. The molecule has 12 heavy (non-hydrogen) atoms. The molecule has 0 amide bonds. The zero-order valence-corrected chi connectivity index (χ0v) is 7.56. The van der Waals surface area contributed by atoms with Gasteiger partial charge in [0.25, 0.3) is 0 Å². The minimum absolute atomic E-state index is 0.0475. The van der Waals surface area contributed by atoms with Gasteiger partial charge in [-0.25, -0.2) is 0 Å². The Labute approximate surface area is 73.0 Å². The molecule has 0 aromatic heterocycles. The molecule has 1 fully saturated rings. The molecule has 2 unspecified atom stereocenters. The highest BCUT2D eigenvalue weighted by Crippen LogP contribution is 2.10. The van der Waals surface area contributed by atoms with Gasteiger partial charge in [-0.15, -0.1) is 0 Å². The molecule has 1 aliphatic heterocycles. The predicted molar refractivity (Wildman–Crippen MR) is 45.0 cm³/mol. The molecular weight excluding hydrogens is 154 g/mol. The molecule has 2 atom stereocenters. The molecule has 0 aromatic carbocycles. The van der Waals surface area contributed by atoms with E-state index in [1.165, 1.54) is 0 Å². The predicted octanol–water partition coefficient (Wildman–Crippen LogP) is -0.188. The molecule has 1 rings (SSSR count).